The topological polar surface area (TPSA) is 83.1 Å². The quantitative estimate of drug-likeness (QED) is 0.672. The molecule has 0 saturated heterocycles. The molecule has 26 heavy (non-hydrogen) atoms. The number of nitrogens with one attached hydrogen (secondary N) is 3. The van der Waals surface area contributed by atoms with E-state index >= 15 is 0 Å². The van der Waals surface area contributed by atoms with Crippen molar-refractivity contribution in [3.05, 3.63) is 65.4 Å². The van der Waals surface area contributed by atoms with E-state index in [1.54, 1.807) is 37.4 Å². The fraction of sp³-hybridized carbons (Fsp3) is 0.150. The van der Waals surface area contributed by atoms with Gasteiger partial charge in [-0.25, -0.2) is 4.79 Å². The van der Waals surface area contributed by atoms with Crippen LogP contribution in [-0.4, -0.2) is 24.0 Å². The maximum atomic E-state index is 12.8. The highest BCUT2D eigenvalue weighted by Crippen LogP contribution is 2.22. The Morgan fingerprint density at radius 1 is 0.923 bits per heavy atom. The normalized spacial score (nSPS) is 10.4. The molecule has 3 amide bonds. The minimum Gasteiger partial charge on any atom is -0.341 e. The van der Waals surface area contributed by atoms with E-state index in [9.17, 15) is 9.59 Å². The first kappa shape index (κ1) is 17.4. The van der Waals surface area contributed by atoms with Gasteiger partial charge in [-0.2, -0.15) is 0 Å². The van der Waals surface area contributed by atoms with Gasteiger partial charge in [0.25, 0.3) is 5.91 Å². The molecule has 0 unspecified atom stereocenters. The summed E-state index contributed by atoms with van der Waals surface area (Å²) in [6.07, 6.45) is 0. The summed E-state index contributed by atoms with van der Waals surface area (Å²) >= 11 is 0. The number of rotatable bonds is 3. The summed E-state index contributed by atoms with van der Waals surface area (Å²) in [6.45, 7) is 3.85. The molecule has 1 aromatic heterocycles. The predicted octanol–water partition coefficient (Wildman–Crippen LogP) is 3.86. The van der Waals surface area contributed by atoms with Crippen LogP contribution in [0, 0.1) is 13.8 Å². The number of urea groups is 1. The van der Waals surface area contributed by atoms with Gasteiger partial charge < -0.3 is 16.0 Å². The highest BCUT2D eigenvalue weighted by Gasteiger charge is 2.13. The van der Waals surface area contributed by atoms with Crippen molar-refractivity contribution in [2.45, 2.75) is 13.8 Å². The molecule has 0 aliphatic heterocycles. The fourth-order valence-corrected chi connectivity index (χ4v) is 2.73. The van der Waals surface area contributed by atoms with Crippen LogP contribution in [0.5, 0.6) is 0 Å². The van der Waals surface area contributed by atoms with E-state index in [1.807, 2.05) is 32.0 Å². The van der Waals surface area contributed by atoms with Crippen LogP contribution in [0.15, 0.2) is 48.5 Å². The third-order valence-electron chi connectivity index (χ3n) is 3.94. The van der Waals surface area contributed by atoms with Crippen LogP contribution < -0.4 is 16.0 Å². The van der Waals surface area contributed by atoms with Gasteiger partial charge in [-0.3, -0.25) is 9.78 Å². The first-order chi connectivity index (χ1) is 12.5. The Balaban J connectivity index is 1.91. The number of carbonyl (C=O) groups is 2. The van der Waals surface area contributed by atoms with Crippen molar-refractivity contribution in [2.24, 2.45) is 0 Å². The second-order valence-corrected chi connectivity index (χ2v) is 6.07. The number of nitrogens with zero attached hydrogens (tertiary/aromatic N) is 1. The molecule has 0 radical (unpaired) electrons. The molecule has 3 rings (SSSR count). The van der Waals surface area contributed by atoms with Crippen LogP contribution in [0.1, 0.15) is 21.6 Å². The molecule has 6 heteroatoms. The average Bonchev–Trinajstić information content (AvgIpc) is 2.61. The number of pyridine rings is 1. The summed E-state index contributed by atoms with van der Waals surface area (Å²) < 4.78 is 0. The molecule has 1 heterocycles. The van der Waals surface area contributed by atoms with Gasteiger partial charge in [0.2, 0.25) is 0 Å². The van der Waals surface area contributed by atoms with E-state index in [0.29, 0.717) is 16.9 Å². The standard InChI is InChI=1S/C20H20N4O2/c1-12-7-8-18-16(9-12)17(10-13(2)22-18)19(25)23-14-5-4-6-15(11-14)24-20(26)21-3/h4-11H,1-3H3,(H,23,25)(H2,21,24,26). The van der Waals surface area contributed by atoms with Gasteiger partial charge in [0.05, 0.1) is 11.1 Å². The molecule has 0 fully saturated rings. The van der Waals surface area contributed by atoms with E-state index < -0.39 is 0 Å². The van der Waals surface area contributed by atoms with Crippen molar-refractivity contribution in [1.29, 1.82) is 0 Å². The number of amides is 3. The van der Waals surface area contributed by atoms with Crippen molar-refractivity contribution < 1.29 is 9.59 Å². The minimum atomic E-state index is -0.320. The second-order valence-electron chi connectivity index (χ2n) is 6.07. The number of anilines is 2. The molecule has 0 aliphatic rings. The summed E-state index contributed by atoms with van der Waals surface area (Å²) in [4.78, 5) is 28.8. The molecule has 2 aromatic carbocycles. The number of aromatic nitrogens is 1. The molecule has 6 nitrogen and oxygen atoms in total. The maximum Gasteiger partial charge on any atom is 0.318 e. The van der Waals surface area contributed by atoms with Gasteiger partial charge in [-0.15, -0.1) is 0 Å². The number of fused-ring (bicyclic) bond motifs is 1. The Kier molecular flexibility index (Phi) is 4.84. The number of carbonyl (C=O) groups excluding carboxylic acids is 2. The van der Waals surface area contributed by atoms with Crippen LogP contribution in [0.4, 0.5) is 16.2 Å². The molecular weight excluding hydrogens is 328 g/mol. The predicted molar refractivity (Wildman–Crippen MR) is 104 cm³/mol. The third-order valence-corrected chi connectivity index (χ3v) is 3.94. The summed E-state index contributed by atoms with van der Waals surface area (Å²) in [5.74, 6) is -0.219. The van der Waals surface area contributed by atoms with Gasteiger partial charge in [-0.1, -0.05) is 17.7 Å². The first-order valence-corrected chi connectivity index (χ1v) is 8.24. The van der Waals surface area contributed by atoms with Gasteiger partial charge in [0.15, 0.2) is 0 Å². The van der Waals surface area contributed by atoms with Crippen molar-refractivity contribution in [3.8, 4) is 0 Å². The lowest BCUT2D eigenvalue weighted by Gasteiger charge is -2.11. The van der Waals surface area contributed by atoms with Crippen LogP contribution >= 0.6 is 0 Å². The van der Waals surface area contributed by atoms with Gasteiger partial charge in [0.1, 0.15) is 0 Å². The SMILES string of the molecule is CNC(=O)Nc1cccc(NC(=O)c2cc(C)nc3ccc(C)cc23)c1. The first-order valence-electron chi connectivity index (χ1n) is 8.24. The van der Waals surface area contributed by atoms with Crippen LogP contribution in [0.2, 0.25) is 0 Å². The van der Waals surface area contributed by atoms with Crippen LogP contribution in [0.3, 0.4) is 0 Å². The molecular formula is C20H20N4O2. The number of benzene rings is 2. The lowest BCUT2D eigenvalue weighted by Crippen LogP contribution is -2.24. The third kappa shape index (κ3) is 3.80. The van der Waals surface area contributed by atoms with E-state index in [-0.39, 0.29) is 11.9 Å². The molecule has 3 N–H and O–H groups in total. The smallest absolute Gasteiger partial charge is 0.318 e. The largest absolute Gasteiger partial charge is 0.341 e. The lowest BCUT2D eigenvalue weighted by atomic mass is 10.0. The van der Waals surface area contributed by atoms with Crippen molar-refractivity contribution in [2.75, 3.05) is 17.7 Å². The number of hydrogen-bond acceptors (Lipinski definition) is 3. The summed E-state index contributed by atoms with van der Waals surface area (Å²) in [5.41, 5.74) is 4.39. The Labute approximate surface area is 151 Å². The lowest BCUT2D eigenvalue weighted by molar-refractivity contribution is 0.102. The van der Waals surface area contributed by atoms with Crippen molar-refractivity contribution >= 4 is 34.2 Å². The van der Waals surface area contributed by atoms with Crippen molar-refractivity contribution in [3.63, 3.8) is 0 Å². The fourth-order valence-electron chi connectivity index (χ4n) is 2.73. The Morgan fingerprint density at radius 3 is 2.38 bits per heavy atom. The van der Waals surface area contributed by atoms with Crippen LogP contribution in [0.25, 0.3) is 10.9 Å². The Hall–Kier alpha value is -3.41. The highest BCUT2D eigenvalue weighted by atomic mass is 16.2. The number of hydrogen-bond donors (Lipinski definition) is 3. The summed E-state index contributed by atoms with van der Waals surface area (Å²) in [7, 11) is 1.54. The summed E-state index contributed by atoms with van der Waals surface area (Å²) in [5, 5.41) is 8.87. The van der Waals surface area contributed by atoms with Gasteiger partial charge in [0, 0.05) is 29.5 Å². The van der Waals surface area contributed by atoms with E-state index in [1.165, 1.54) is 0 Å². The zero-order valence-electron chi connectivity index (χ0n) is 14.9. The zero-order valence-corrected chi connectivity index (χ0v) is 14.9. The molecule has 0 bridgehead atoms. The Bertz CT molecular complexity index is 998. The molecule has 132 valence electrons. The van der Waals surface area contributed by atoms with Gasteiger partial charge in [-0.05, 0) is 50.2 Å². The average molecular weight is 348 g/mol. The summed E-state index contributed by atoms with van der Waals surface area (Å²) in [6, 6.07) is 14.3. The zero-order chi connectivity index (χ0) is 18.7. The molecule has 0 saturated carbocycles. The van der Waals surface area contributed by atoms with E-state index in [4.69, 9.17) is 0 Å². The molecule has 0 spiro atoms. The molecule has 0 atom stereocenters. The Morgan fingerprint density at radius 2 is 1.65 bits per heavy atom. The minimum absolute atomic E-state index is 0.219. The van der Waals surface area contributed by atoms with Crippen LogP contribution in [-0.2, 0) is 0 Å². The highest BCUT2D eigenvalue weighted by molar-refractivity contribution is 6.12. The van der Waals surface area contributed by atoms with Crippen molar-refractivity contribution in [1.82, 2.24) is 10.3 Å². The second kappa shape index (κ2) is 7.23. The number of aryl methyl sites for hydroxylation is 2. The molecule has 3 aromatic rings. The molecule has 0 aliphatic carbocycles. The van der Waals surface area contributed by atoms with E-state index in [0.717, 1.165) is 22.2 Å². The monoisotopic (exact) mass is 348 g/mol. The maximum absolute atomic E-state index is 12.8. The van der Waals surface area contributed by atoms with Gasteiger partial charge >= 0.3 is 6.03 Å². The van der Waals surface area contributed by atoms with E-state index in [2.05, 4.69) is 20.9 Å².